The normalized spacial score (nSPS) is 11.7. The minimum Gasteiger partial charge on any atom is -0.454 e. The first-order valence-electron chi connectivity index (χ1n) is 20.2. The first-order valence-corrected chi connectivity index (χ1v) is 20.2. The minimum atomic E-state index is 0.856. The van der Waals surface area contributed by atoms with Crippen molar-refractivity contribution in [2.45, 2.75) is 0 Å². The summed E-state index contributed by atoms with van der Waals surface area (Å²) in [5.74, 6) is 0. The molecule has 0 amide bonds. The lowest BCUT2D eigenvalue weighted by molar-refractivity contribution is 0.669. The fourth-order valence-electron chi connectivity index (χ4n) is 9.23. The Morgan fingerprint density at radius 2 is 1.00 bits per heavy atom. The summed E-state index contributed by atoms with van der Waals surface area (Å²) in [5.41, 5.74) is 13.1. The number of furan rings is 1. The van der Waals surface area contributed by atoms with Gasteiger partial charge in [-0.05, 0) is 99.1 Å². The van der Waals surface area contributed by atoms with E-state index < -0.39 is 0 Å². The third-order valence-electron chi connectivity index (χ3n) is 11.9. The maximum absolute atomic E-state index is 6.94. The van der Waals surface area contributed by atoms with E-state index in [1.165, 1.54) is 49.3 Å². The van der Waals surface area contributed by atoms with Crippen molar-refractivity contribution < 1.29 is 4.42 Å². The van der Waals surface area contributed by atoms with Gasteiger partial charge < -0.3 is 13.9 Å². The highest BCUT2D eigenvalue weighted by molar-refractivity contribution is 6.16. The second-order valence-electron chi connectivity index (χ2n) is 15.3. The zero-order valence-electron chi connectivity index (χ0n) is 32.1. The van der Waals surface area contributed by atoms with Gasteiger partial charge in [-0.2, -0.15) is 0 Å². The van der Waals surface area contributed by atoms with Gasteiger partial charge in [-0.25, -0.2) is 0 Å². The Balaban J connectivity index is 1.12. The third-order valence-corrected chi connectivity index (χ3v) is 11.9. The van der Waals surface area contributed by atoms with Gasteiger partial charge in [0.15, 0.2) is 5.58 Å². The molecule has 10 aromatic carbocycles. The van der Waals surface area contributed by atoms with E-state index >= 15 is 0 Å². The molecular formula is C56H36N2O. The fraction of sp³-hybridized carbons (Fsp3) is 0. The first kappa shape index (κ1) is 33.3. The van der Waals surface area contributed by atoms with E-state index in [9.17, 15) is 0 Å². The van der Waals surface area contributed by atoms with Gasteiger partial charge in [0.25, 0.3) is 0 Å². The molecule has 12 aromatic rings. The molecule has 276 valence electrons. The van der Waals surface area contributed by atoms with Crippen molar-refractivity contribution in [3.8, 4) is 27.9 Å². The van der Waals surface area contributed by atoms with E-state index in [4.69, 9.17) is 4.42 Å². The van der Waals surface area contributed by atoms with Crippen LogP contribution in [-0.2, 0) is 0 Å². The predicted molar refractivity (Wildman–Crippen MR) is 249 cm³/mol. The number of hydrogen-bond donors (Lipinski definition) is 0. The fourth-order valence-corrected chi connectivity index (χ4v) is 9.23. The minimum absolute atomic E-state index is 0.856. The maximum Gasteiger partial charge on any atom is 0.159 e. The molecule has 0 saturated carbocycles. The molecule has 3 heteroatoms. The van der Waals surface area contributed by atoms with Crippen LogP contribution in [0.1, 0.15) is 0 Å². The summed E-state index contributed by atoms with van der Waals surface area (Å²) in [6.45, 7) is 0. The first-order chi connectivity index (χ1) is 29.3. The highest BCUT2D eigenvalue weighted by Crippen LogP contribution is 2.47. The second-order valence-corrected chi connectivity index (χ2v) is 15.3. The topological polar surface area (TPSA) is 21.3 Å². The lowest BCUT2D eigenvalue weighted by atomic mass is 9.96. The molecular weight excluding hydrogens is 717 g/mol. The van der Waals surface area contributed by atoms with E-state index in [2.05, 4.69) is 228 Å². The standard InChI is InChI=1S/C56H36N2O/c1-3-15-37(16-4-1)39-21-13-22-42(33-39)57-51-27-12-11-25-47(51)49-36-43(29-31-53(49)57)58(52-32-30-44(38-17-5-2-6-18-38)45-23-9-10-24-46(45)52)54-28-14-26-48-50-34-40-19-7-8-20-41(40)35-55(50)59-56(48)54/h1-36H. The molecule has 2 aromatic heterocycles. The largest absolute Gasteiger partial charge is 0.454 e. The Hall–Kier alpha value is -7.88. The molecule has 0 aliphatic carbocycles. The zero-order valence-corrected chi connectivity index (χ0v) is 32.1. The zero-order chi connectivity index (χ0) is 38.9. The van der Waals surface area contributed by atoms with Gasteiger partial charge in [-0.1, -0.05) is 158 Å². The Labute approximate surface area is 341 Å². The molecule has 0 fully saturated rings. The number of rotatable bonds is 6. The number of benzene rings is 10. The van der Waals surface area contributed by atoms with Crippen LogP contribution in [0.15, 0.2) is 223 Å². The van der Waals surface area contributed by atoms with Gasteiger partial charge in [-0.15, -0.1) is 0 Å². The van der Waals surface area contributed by atoms with Crippen molar-refractivity contribution in [2.75, 3.05) is 4.90 Å². The van der Waals surface area contributed by atoms with Crippen LogP contribution in [0, 0.1) is 0 Å². The lowest BCUT2D eigenvalue weighted by Gasteiger charge is -2.27. The van der Waals surface area contributed by atoms with Gasteiger partial charge in [-0.3, -0.25) is 0 Å². The number of hydrogen-bond acceptors (Lipinski definition) is 2. The van der Waals surface area contributed by atoms with Crippen LogP contribution in [0.5, 0.6) is 0 Å². The Bertz CT molecular complexity index is 3560. The molecule has 0 spiro atoms. The van der Waals surface area contributed by atoms with Crippen LogP contribution < -0.4 is 4.90 Å². The average molecular weight is 753 g/mol. The van der Waals surface area contributed by atoms with Gasteiger partial charge in [0.05, 0.1) is 22.4 Å². The summed E-state index contributed by atoms with van der Waals surface area (Å²) in [7, 11) is 0. The smallest absolute Gasteiger partial charge is 0.159 e. The van der Waals surface area contributed by atoms with Crippen LogP contribution in [0.25, 0.3) is 93.2 Å². The maximum atomic E-state index is 6.94. The summed E-state index contributed by atoms with van der Waals surface area (Å²) in [4.78, 5) is 2.41. The molecule has 2 heterocycles. The highest BCUT2D eigenvalue weighted by atomic mass is 16.3. The van der Waals surface area contributed by atoms with Crippen molar-refractivity contribution in [2.24, 2.45) is 0 Å². The quantitative estimate of drug-likeness (QED) is 0.169. The van der Waals surface area contributed by atoms with Crippen LogP contribution >= 0.6 is 0 Å². The molecule has 59 heavy (non-hydrogen) atoms. The molecule has 0 saturated heterocycles. The van der Waals surface area contributed by atoms with Crippen LogP contribution in [0.2, 0.25) is 0 Å². The number of anilines is 3. The summed E-state index contributed by atoms with van der Waals surface area (Å²) in [6, 6.07) is 78.7. The van der Waals surface area contributed by atoms with Crippen molar-refractivity contribution in [1.29, 1.82) is 0 Å². The molecule has 0 aliphatic heterocycles. The number of nitrogens with zero attached hydrogens (tertiary/aromatic N) is 2. The molecule has 3 nitrogen and oxygen atoms in total. The number of para-hydroxylation sites is 2. The van der Waals surface area contributed by atoms with Gasteiger partial charge >= 0.3 is 0 Å². The number of fused-ring (bicyclic) bond motifs is 8. The van der Waals surface area contributed by atoms with Crippen molar-refractivity contribution in [1.82, 2.24) is 4.57 Å². The summed E-state index contributed by atoms with van der Waals surface area (Å²) < 4.78 is 9.34. The molecule has 0 bridgehead atoms. The summed E-state index contributed by atoms with van der Waals surface area (Å²) in [6.07, 6.45) is 0. The summed E-state index contributed by atoms with van der Waals surface area (Å²) >= 11 is 0. The van der Waals surface area contributed by atoms with Crippen LogP contribution in [-0.4, -0.2) is 4.57 Å². The van der Waals surface area contributed by atoms with Crippen molar-refractivity contribution in [3.63, 3.8) is 0 Å². The Morgan fingerprint density at radius 1 is 0.356 bits per heavy atom. The van der Waals surface area contributed by atoms with Crippen LogP contribution in [0.3, 0.4) is 0 Å². The van der Waals surface area contributed by atoms with E-state index in [0.717, 1.165) is 61.0 Å². The van der Waals surface area contributed by atoms with Gasteiger partial charge in [0.2, 0.25) is 0 Å². The predicted octanol–water partition coefficient (Wildman–Crippen LogP) is 15.8. The molecule has 0 radical (unpaired) electrons. The van der Waals surface area contributed by atoms with Crippen molar-refractivity contribution >= 4 is 82.4 Å². The summed E-state index contributed by atoms with van der Waals surface area (Å²) in [5, 5.41) is 9.30. The van der Waals surface area contributed by atoms with E-state index in [-0.39, 0.29) is 0 Å². The number of aromatic nitrogens is 1. The highest BCUT2D eigenvalue weighted by Gasteiger charge is 2.24. The van der Waals surface area contributed by atoms with Crippen molar-refractivity contribution in [3.05, 3.63) is 218 Å². The average Bonchev–Trinajstić information content (AvgIpc) is 3.84. The van der Waals surface area contributed by atoms with E-state index in [1.807, 2.05) is 0 Å². The Kier molecular flexibility index (Phi) is 7.54. The monoisotopic (exact) mass is 752 g/mol. The van der Waals surface area contributed by atoms with Gasteiger partial charge in [0.1, 0.15) is 5.58 Å². The second kappa shape index (κ2) is 13.4. The van der Waals surface area contributed by atoms with Crippen LogP contribution in [0.4, 0.5) is 17.1 Å². The lowest BCUT2D eigenvalue weighted by Crippen LogP contribution is -2.11. The van der Waals surface area contributed by atoms with E-state index in [0.29, 0.717) is 0 Å². The molecule has 12 rings (SSSR count). The molecule has 0 aliphatic rings. The Morgan fingerprint density at radius 3 is 1.83 bits per heavy atom. The molecule has 0 unspecified atom stereocenters. The third kappa shape index (κ3) is 5.36. The van der Waals surface area contributed by atoms with Gasteiger partial charge in [0, 0.05) is 38.3 Å². The molecule has 0 atom stereocenters. The molecule has 0 N–H and O–H groups in total. The SMILES string of the molecule is c1ccc(-c2cccc(-n3c4ccccc4c4cc(N(c5ccc(-c6ccccc6)c6ccccc56)c5cccc6c5oc5cc7ccccc7cc56)ccc43)c2)cc1. The van der Waals surface area contributed by atoms with E-state index in [1.54, 1.807) is 0 Å².